The van der Waals surface area contributed by atoms with E-state index < -0.39 is 23.3 Å². The Hall–Kier alpha value is -1.76. The number of carbonyl (C=O) groups is 1. The third kappa shape index (κ3) is 4.93. The molecular formula is C14H19F3N2O2. The van der Waals surface area contributed by atoms with Gasteiger partial charge in [-0.3, -0.25) is 0 Å². The number of nitrogens with zero attached hydrogens (tertiary/aromatic N) is 1. The zero-order chi connectivity index (χ0) is 16.0. The molecule has 0 amide bonds. The van der Waals surface area contributed by atoms with Gasteiger partial charge >= 0.3 is 12.1 Å². The molecule has 0 bridgehead atoms. The second-order valence-corrected chi connectivity index (χ2v) is 4.52. The minimum absolute atomic E-state index is 0.263. The topological polar surface area (TPSA) is 52.6 Å². The molecule has 21 heavy (non-hydrogen) atoms. The fraction of sp³-hybridized carbons (Fsp3) is 0.500. The van der Waals surface area contributed by atoms with Crippen molar-refractivity contribution in [1.82, 2.24) is 4.90 Å². The molecule has 1 aromatic rings. The quantitative estimate of drug-likeness (QED) is 0.812. The number of hydrogen-bond acceptors (Lipinski definition) is 3. The summed E-state index contributed by atoms with van der Waals surface area (Å²) in [5.41, 5.74) is -1.61. The van der Waals surface area contributed by atoms with E-state index in [0.717, 1.165) is 25.2 Å². The zero-order valence-corrected chi connectivity index (χ0v) is 12.0. The molecule has 118 valence electrons. The van der Waals surface area contributed by atoms with E-state index >= 15 is 0 Å². The monoisotopic (exact) mass is 304 g/mol. The van der Waals surface area contributed by atoms with Gasteiger partial charge in [-0.05, 0) is 31.3 Å². The molecule has 2 N–H and O–H groups in total. The molecule has 0 fully saturated rings. The van der Waals surface area contributed by atoms with Gasteiger partial charge in [0.15, 0.2) is 0 Å². The highest BCUT2D eigenvalue weighted by molar-refractivity contribution is 5.90. The number of rotatable bonds is 7. The molecule has 0 saturated carbocycles. The normalized spacial score (nSPS) is 11.7. The predicted octanol–water partition coefficient (Wildman–Crippen LogP) is 3.16. The number of hydrogen-bond donors (Lipinski definition) is 2. The molecule has 0 radical (unpaired) electrons. The van der Waals surface area contributed by atoms with Crippen LogP contribution in [-0.4, -0.2) is 42.2 Å². The molecule has 0 aliphatic carbocycles. The maximum Gasteiger partial charge on any atom is 0.417 e. The number of alkyl halides is 3. The zero-order valence-electron chi connectivity index (χ0n) is 12.0. The van der Waals surface area contributed by atoms with E-state index in [-0.39, 0.29) is 5.69 Å². The Morgan fingerprint density at radius 2 is 1.90 bits per heavy atom. The van der Waals surface area contributed by atoms with Crippen LogP contribution < -0.4 is 5.32 Å². The molecule has 0 aromatic heterocycles. The van der Waals surface area contributed by atoms with E-state index in [1.165, 1.54) is 6.07 Å². The Balaban J connectivity index is 2.84. The first-order valence-electron chi connectivity index (χ1n) is 6.70. The van der Waals surface area contributed by atoms with Gasteiger partial charge in [-0.2, -0.15) is 13.2 Å². The summed E-state index contributed by atoms with van der Waals surface area (Å²) in [6.07, 6.45) is -4.69. The van der Waals surface area contributed by atoms with Crippen molar-refractivity contribution >= 4 is 11.7 Å². The molecule has 0 unspecified atom stereocenters. The Kier molecular flexibility index (Phi) is 6.02. The predicted molar refractivity (Wildman–Crippen MR) is 74.7 cm³/mol. The Morgan fingerprint density at radius 1 is 1.29 bits per heavy atom. The number of halogens is 3. The van der Waals surface area contributed by atoms with Gasteiger partial charge in [-0.25, -0.2) is 4.79 Å². The first kappa shape index (κ1) is 17.3. The van der Waals surface area contributed by atoms with Crippen LogP contribution in [-0.2, 0) is 6.18 Å². The van der Waals surface area contributed by atoms with Crippen molar-refractivity contribution in [3.05, 3.63) is 29.3 Å². The van der Waals surface area contributed by atoms with Crippen LogP contribution in [0.3, 0.4) is 0 Å². The largest absolute Gasteiger partial charge is 0.478 e. The lowest BCUT2D eigenvalue weighted by Crippen LogP contribution is -2.28. The Bertz CT molecular complexity index is 486. The highest BCUT2D eigenvalue weighted by atomic mass is 19.4. The van der Waals surface area contributed by atoms with Crippen molar-refractivity contribution in [3.8, 4) is 0 Å². The molecule has 1 rings (SSSR count). The van der Waals surface area contributed by atoms with Crippen molar-refractivity contribution < 1.29 is 23.1 Å². The Morgan fingerprint density at radius 3 is 2.38 bits per heavy atom. The van der Waals surface area contributed by atoms with E-state index in [4.69, 9.17) is 5.11 Å². The van der Waals surface area contributed by atoms with E-state index in [0.29, 0.717) is 13.1 Å². The summed E-state index contributed by atoms with van der Waals surface area (Å²) < 4.78 is 38.5. The number of carboxylic acid groups (broad SMARTS) is 1. The van der Waals surface area contributed by atoms with Crippen LogP contribution in [0.2, 0.25) is 0 Å². The summed E-state index contributed by atoms with van der Waals surface area (Å²) in [6.45, 7) is 6.94. The molecule has 0 spiro atoms. The molecule has 0 saturated heterocycles. The van der Waals surface area contributed by atoms with Crippen LogP contribution in [0, 0.1) is 0 Å². The molecule has 7 heteroatoms. The van der Waals surface area contributed by atoms with Crippen LogP contribution in [0.5, 0.6) is 0 Å². The molecule has 1 aromatic carbocycles. The van der Waals surface area contributed by atoms with Crippen molar-refractivity contribution in [3.63, 3.8) is 0 Å². The Labute approximate surface area is 121 Å². The van der Waals surface area contributed by atoms with Gasteiger partial charge < -0.3 is 15.3 Å². The van der Waals surface area contributed by atoms with E-state index in [9.17, 15) is 18.0 Å². The summed E-state index contributed by atoms with van der Waals surface area (Å²) >= 11 is 0. The van der Waals surface area contributed by atoms with Gasteiger partial charge in [0.1, 0.15) is 0 Å². The number of aromatic carboxylic acids is 1. The minimum atomic E-state index is -4.69. The van der Waals surface area contributed by atoms with Gasteiger partial charge in [0.05, 0.1) is 11.1 Å². The van der Waals surface area contributed by atoms with Crippen LogP contribution in [0.15, 0.2) is 18.2 Å². The number of benzene rings is 1. The standard InChI is InChI=1S/C14H19F3N2O2/c1-3-19(4-2)8-7-18-10-5-6-11(13(20)21)12(9-10)14(15,16)17/h5-6,9,18H,3-4,7-8H2,1-2H3,(H,20,21). The molecule has 0 aliphatic heterocycles. The van der Waals surface area contributed by atoms with Crippen molar-refractivity contribution in [2.75, 3.05) is 31.5 Å². The third-order valence-corrected chi connectivity index (χ3v) is 3.21. The summed E-state index contributed by atoms with van der Waals surface area (Å²) in [7, 11) is 0. The van der Waals surface area contributed by atoms with Crippen molar-refractivity contribution in [2.45, 2.75) is 20.0 Å². The number of nitrogens with one attached hydrogen (secondary N) is 1. The SMILES string of the molecule is CCN(CC)CCNc1ccc(C(=O)O)c(C(F)(F)F)c1. The van der Waals surface area contributed by atoms with Gasteiger partial charge in [0, 0.05) is 18.8 Å². The number of anilines is 1. The van der Waals surface area contributed by atoms with Crippen LogP contribution >= 0.6 is 0 Å². The minimum Gasteiger partial charge on any atom is -0.478 e. The molecule has 0 atom stereocenters. The average Bonchev–Trinajstić information content (AvgIpc) is 2.42. The fourth-order valence-corrected chi connectivity index (χ4v) is 1.97. The van der Waals surface area contributed by atoms with Gasteiger partial charge in [0.2, 0.25) is 0 Å². The highest BCUT2D eigenvalue weighted by Crippen LogP contribution is 2.33. The number of carboxylic acids is 1. The van der Waals surface area contributed by atoms with Gasteiger partial charge in [0.25, 0.3) is 0 Å². The lowest BCUT2D eigenvalue weighted by atomic mass is 10.1. The smallest absolute Gasteiger partial charge is 0.417 e. The fourth-order valence-electron chi connectivity index (χ4n) is 1.97. The maximum absolute atomic E-state index is 12.8. The molecule has 0 aliphatic rings. The van der Waals surface area contributed by atoms with Crippen LogP contribution in [0.4, 0.5) is 18.9 Å². The first-order chi connectivity index (χ1) is 9.79. The lowest BCUT2D eigenvalue weighted by molar-refractivity contribution is -0.138. The van der Waals surface area contributed by atoms with E-state index in [2.05, 4.69) is 10.2 Å². The number of likely N-dealkylation sites (N-methyl/N-ethyl adjacent to an activating group) is 1. The summed E-state index contributed by atoms with van der Waals surface area (Å²) in [4.78, 5) is 13.0. The van der Waals surface area contributed by atoms with Gasteiger partial charge in [-0.15, -0.1) is 0 Å². The summed E-state index contributed by atoms with van der Waals surface area (Å²) in [6, 6.07) is 3.16. The highest BCUT2D eigenvalue weighted by Gasteiger charge is 2.35. The first-order valence-corrected chi connectivity index (χ1v) is 6.70. The second kappa shape index (κ2) is 7.31. The third-order valence-electron chi connectivity index (χ3n) is 3.21. The lowest BCUT2D eigenvalue weighted by Gasteiger charge is -2.19. The van der Waals surface area contributed by atoms with E-state index in [1.807, 2.05) is 13.8 Å². The van der Waals surface area contributed by atoms with Crippen LogP contribution in [0.25, 0.3) is 0 Å². The summed E-state index contributed by atoms with van der Waals surface area (Å²) in [5.74, 6) is -1.59. The van der Waals surface area contributed by atoms with Crippen molar-refractivity contribution in [1.29, 1.82) is 0 Å². The van der Waals surface area contributed by atoms with Crippen molar-refractivity contribution in [2.24, 2.45) is 0 Å². The molecule has 4 nitrogen and oxygen atoms in total. The molecular weight excluding hydrogens is 285 g/mol. The van der Waals surface area contributed by atoms with Gasteiger partial charge in [-0.1, -0.05) is 13.8 Å². The van der Waals surface area contributed by atoms with E-state index in [1.54, 1.807) is 0 Å². The maximum atomic E-state index is 12.8. The van der Waals surface area contributed by atoms with Crippen LogP contribution in [0.1, 0.15) is 29.8 Å². The molecule has 0 heterocycles. The average molecular weight is 304 g/mol. The summed E-state index contributed by atoms with van der Waals surface area (Å²) in [5, 5.41) is 11.7. The second-order valence-electron chi connectivity index (χ2n) is 4.52.